The molecule has 12 N–H and O–H groups in total. The van der Waals surface area contributed by atoms with E-state index in [9.17, 15) is 29.4 Å². The predicted molar refractivity (Wildman–Crippen MR) is 154 cm³/mol. The molecule has 0 saturated carbocycles. The van der Waals surface area contributed by atoms with Crippen LogP contribution >= 0.6 is 0 Å². The van der Waals surface area contributed by atoms with E-state index in [1.165, 1.54) is 6.92 Å². The highest BCUT2D eigenvalue weighted by molar-refractivity contribution is 5.95. The van der Waals surface area contributed by atoms with Gasteiger partial charge in [-0.05, 0) is 43.7 Å². The van der Waals surface area contributed by atoms with Gasteiger partial charge in [0.1, 0.15) is 18.1 Å². The van der Waals surface area contributed by atoms with E-state index in [0.717, 1.165) is 10.9 Å². The van der Waals surface area contributed by atoms with Crippen LogP contribution in [0.2, 0.25) is 0 Å². The van der Waals surface area contributed by atoms with Crippen molar-refractivity contribution in [2.75, 3.05) is 6.54 Å². The number of carboxylic acids is 1. The number of fused-ring (bicyclic) bond motifs is 1. The van der Waals surface area contributed by atoms with Gasteiger partial charge in [0.15, 0.2) is 5.96 Å². The topological polar surface area (TPSA) is 251 Å². The van der Waals surface area contributed by atoms with Crippen molar-refractivity contribution in [1.82, 2.24) is 20.9 Å². The summed E-state index contributed by atoms with van der Waals surface area (Å²) in [5.74, 6) is -3.54. The van der Waals surface area contributed by atoms with Gasteiger partial charge in [-0.2, -0.15) is 0 Å². The first kappa shape index (κ1) is 33.0. The molecule has 3 amide bonds. The number of rotatable bonds is 16. The minimum absolute atomic E-state index is 0.0143. The Morgan fingerprint density at radius 2 is 1.63 bits per heavy atom. The van der Waals surface area contributed by atoms with Gasteiger partial charge in [-0.1, -0.05) is 32.0 Å². The van der Waals surface area contributed by atoms with E-state index in [1.54, 1.807) is 6.20 Å². The average molecular weight is 575 g/mol. The number of hydrogen-bond donors (Lipinski definition) is 9. The summed E-state index contributed by atoms with van der Waals surface area (Å²) >= 11 is 0. The SMILES string of the molecule is CC(C)CC(NC(=O)C(Cc1c[nH]c2ccccc12)NC(=O)C(NC(=O)C(N)CCCN=C(N)N)C(C)O)C(=O)O. The number of aliphatic hydroxyl groups is 1. The first-order valence-electron chi connectivity index (χ1n) is 13.5. The first-order valence-corrected chi connectivity index (χ1v) is 13.5. The van der Waals surface area contributed by atoms with Crippen LogP contribution in [-0.2, 0) is 25.6 Å². The number of carbonyl (C=O) groups excluding carboxylic acids is 3. The van der Waals surface area contributed by atoms with Crippen LogP contribution < -0.4 is 33.2 Å². The number of aliphatic carboxylic acids is 1. The molecule has 0 aliphatic heterocycles. The summed E-state index contributed by atoms with van der Waals surface area (Å²) < 4.78 is 0. The van der Waals surface area contributed by atoms with Crippen molar-refractivity contribution in [3.8, 4) is 0 Å². The van der Waals surface area contributed by atoms with Gasteiger partial charge in [0.25, 0.3) is 0 Å². The molecule has 0 spiro atoms. The second kappa shape index (κ2) is 15.6. The van der Waals surface area contributed by atoms with E-state index in [1.807, 2.05) is 38.1 Å². The first-order chi connectivity index (χ1) is 19.3. The summed E-state index contributed by atoms with van der Waals surface area (Å²) in [6.07, 6.45) is 1.19. The monoisotopic (exact) mass is 574 g/mol. The molecule has 1 aromatic heterocycles. The fourth-order valence-corrected chi connectivity index (χ4v) is 4.27. The number of nitrogens with one attached hydrogen (secondary N) is 4. The number of carbonyl (C=O) groups is 4. The fraction of sp³-hybridized carbons (Fsp3) is 0.519. The maximum absolute atomic E-state index is 13.4. The Hall–Kier alpha value is -4.17. The molecule has 0 aliphatic carbocycles. The van der Waals surface area contributed by atoms with Crippen molar-refractivity contribution in [3.63, 3.8) is 0 Å². The van der Waals surface area contributed by atoms with Gasteiger partial charge in [0, 0.05) is 30.1 Å². The number of amides is 3. The number of aromatic amines is 1. The number of aromatic nitrogens is 1. The molecule has 5 unspecified atom stereocenters. The Balaban J connectivity index is 2.23. The van der Waals surface area contributed by atoms with Crippen LogP contribution in [0.5, 0.6) is 0 Å². The van der Waals surface area contributed by atoms with Crippen LogP contribution in [0.25, 0.3) is 10.9 Å². The molecule has 5 atom stereocenters. The highest BCUT2D eigenvalue weighted by Crippen LogP contribution is 2.19. The van der Waals surface area contributed by atoms with Crippen LogP contribution in [0.4, 0.5) is 0 Å². The van der Waals surface area contributed by atoms with Gasteiger partial charge >= 0.3 is 5.97 Å². The molecule has 2 aromatic rings. The Bertz CT molecular complexity index is 1220. The van der Waals surface area contributed by atoms with Crippen molar-refractivity contribution >= 4 is 40.6 Å². The Kier molecular flexibility index (Phi) is 12.5. The molecule has 0 fully saturated rings. The van der Waals surface area contributed by atoms with E-state index in [4.69, 9.17) is 17.2 Å². The smallest absolute Gasteiger partial charge is 0.326 e. The molecule has 1 heterocycles. The van der Waals surface area contributed by atoms with E-state index >= 15 is 0 Å². The molecule has 1 aromatic carbocycles. The highest BCUT2D eigenvalue weighted by atomic mass is 16.4. The lowest BCUT2D eigenvalue weighted by Crippen LogP contribution is -2.60. The summed E-state index contributed by atoms with van der Waals surface area (Å²) in [7, 11) is 0. The molecule has 0 bridgehead atoms. The maximum Gasteiger partial charge on any atom is 0.326 e. The molecular weight excluding hydrogens is 532 g/mol. The van der Waals surface area contributed by atoms with Crippen LogP contribution in [0.3, 0.4) is 0 Å². The summed E-state index contributed by atoms with van der Waals surface area (Å²) in [5.41, 5.74) is 18.0. The maximum atomic E-state index is 13.4. The third-order valence-corrected chi connectivity index (χ3v) is 6.42. The second-order valence-corrected chi connectivity index (χ2v) is 10.4. The molecule has 226 valence electrons. The number of nitrogens with zero attached hydrogens (tertiary/aromatic N) is 1. The number of aliphatic imine (C=N–C) groups is 1. The summed E-state index contributed by atoms with van der Waals surface area (Å²) in [5, 5.41) is 28.3. The minimum Gasteiger partial charge on any atom is -0.480 e. The van der Waals surface area contributed by atoms with Crippen LogP contribution in [-0.4, -0.2) is 81.7 Å². The van der Waals surface area contributed by atoms with Crippen LogP contribution in [0.15, 0.2) is 35.5 Å². The zero-order chi connectivity index (χ0) is 30.7. The standard InChI is InChI=1S/C27H42N8O6/c1-14(2)11-21(26(40)41)34-24(38)20(12-16-13-32-19-9-5-4-7-17(16)19)33-25(39)22(15(3)36)35-23(37)18(28)8-6-10-31-27(29)30/h4-5,7,9,13-15,18,20-22,32,36H,6,8,10-12,28H2,1-3H3,(H,33,39)(H,34,38)(H,35,37)(H,40,41)(H4,29,30,31). The molecule has 41 heavy (non-hydrogen) atoms. The molecule has 2 rings (SSSR count). The molecule has 14 heteroatoms. The normalized spacial score (nSPS) is 14.9. The lowest BCUT2D eigenvalue weighted by atomic mass is 10.0. The van der Waals surface area contributed by atoms with Crippen LogP contribution in [0, 0.1) is 5.92 Å². The summed E-state index contributed by atoms with van der Waals surface area (Å²) in [4.78, 5) is 58.1. The number of H-pyrrole nitrogens is 1. The van der Waals surface area contributed by atoms with E-state index in [0.29, 0.717) is 12.0 Å². The number of aliphatic hydroxyl groups excluding tert-OH is 1. The zero-order valence-corrected chi connectivity index (χ0v) is 23.6. The van der Waals surface area contributed by atoms with Gasteiger partial charge in [0.2, 0.25) is 17.7 Å². The fourth-order valence-electron chi connectivity index (χ4n) is 4.27. The number of guanidine groups is 1. The lowest BCUT2D eigenvalue weighted by Gasteiger charge is -2.26. The van der Waals surface area contributed by atoms with Crippen LogP contribution in [0.1, 0.15) is 45.6 Å². The average Bonchev–Trinajstić information content (AvgIpc) is 3.30. The second-order valence-electron chi connectivity index (χ2n) is 10.4. The summed E-state index contributed by atoms with van der Waals surface area (Å²) in [6, 6.07) is 2.55. The number of carboxylic acid groups (broad SMARTS) is 1. The minimum atomic E-state index is -1.43. The molecule has 14 nitrogen and oxygen atoms in total. The van der Waals surface area contributed by atoms with E-state index < -0.39 is 54.0 Å². The number of benzene rings is 1. The van der Waals surface area contributed by atoms with Crippen molar-refractivity contribution in [2.45, 2.75) is 76.7 Å². The van der Waals surface area contributed by atoms with Gasteiger partial charge < -0.3 is 48.3 Å². The van der Waals surface area contributed by atoms with Crippen molar-refractivity contribution in [1.29, 1.82) is 0 Å². The summed E-state index contributed by atoms with van der Waals surface area (Å²) in [6.45, 7) is 5.23. The number of hydrogen-bond acceptors (Lipinski definition) is 7. The third-order valence-electron chi connectivity index (χ3n) is 6.42. The number of nitrogens with two attached hydrogens (primary N) is 3. The van der Waals surface area contributed by atoms with E-state index in [2.05, 4.69) is 25.9 Å². The van der Waals surface area contributed by atoms with Gasteiger partial charge in [-0.25, -0.2) is 4.79 Å². The Morgan fingerprint density at radius 1 is 0.976 bits per heavy atom. The van der Waals surface area contributed by atoms with Gasteiger partial charge in [-0.3, -0.25) is 19.4 Å². The van der Waals surface area contributed by atoms with Gasteiger partial charge in [-0.15, -0.1) is 0 Å². The van der Waals surface area contributed by atoms with Crippen molar-refractivity contribution in [3.05, 3.63) is 36.0 Å². The molecule has 0 saturated heterocycles. The zero-order valence-electron chi connectivity index (χ0n) is 23.6. The highest BCUT2D eigenvalue weighted by Gasteiger charge is 2.33. The largest absolute Gasteiger partial charge is 0.480 e. The quantitative estimate of drug-likeness (QED) is 0.0680. The third kappa shape index (κ3) is 10.4. The predicted octanol–water partition coefficient (Wildman–Crippen LogP) is -0.943. The Labute approximate surface area is 238 Å². The Morgan fingerprint density at radius 3 is 2.24 bits per heavy atom. The van der Waals surface area contributed by atoms with E-state index in [-0.39, 0.29) is 37.7 Å². The molecule has 0 aliphatic rings. The van der Waals surface area contributed by atoms with Gasteiger partial charge in [0.05, 0.1) is 12.1 Å². The molecule has 0 radical (unpaired) electrons. The van der Waals surface area contributed by atoms with Crippen molar-refractivity contribution < 1.29 is 29.4 Å². The number of para-hydroxylation sites is 1. The van der Waals surface area contributed by atoms with Crippen molar-refractivity contribution in [2.24, 2.45) is 28.1 Å². The molecular formula is C27H42N8O6. The lowest BCUT2D eigenvalue weighted by molar-refractivity contribution is -0.143.